The molecule has 0 fully saturated rings. The van der Waals surface area contributed by atoms with Gasteiger partial charge in [-0.3, -0.25) is 0 Å². The van der Waals surface area contributed by atoms with E-state index in [4.69, 9.17) is 4.74 Å². The van der Waals surface area contributed by atoms with E-state index < -0.39 is 0 Å². The molecule has 0 saturated heterocycles. The number of benzene rings is 5. The minimum absolute atomic E-state index is 0.246. The second-order valence-electron chi connectivity index (χ2n) is 7.59. The highest BCUT2D eigenvalue weighted by atomic mass is 16.5. The fourth-order valence-electron chi connectivity index (χ4n) is 4.14. The molecular formula is C25H20O2. The highest BCUT2D eigenvalue weighted by Crippen LogP contribution is 2.40. The third-order valence-electron chi connectivity index (χ3n) is 5.29. The van der Waals surface area contributed by atoms with Crippen LogP contribution in [0.2, 0.25) is 0 Å². The van der Waals surface area contributed by atoms with Gasteiger partial charge in [0, 0.05) is 0 Å². The van der Waals surface area contributed by atoms with Gasteiger partial charge in [0.05, 0.1) is 12.2 Å². The standard InChI is InChI=1S/C25H20O2/c1-15(2)14-27-25(26)22-13-12-21-18-9-4-7-16-6-3-8-17(23(16)18)19-10-5-11-20(22)24(19)21/h3-13,15H,14H2,1-2H3. The first-order valence-corrected chi connectivity index (χ1v) is 9.40. The predicted octanol–water partition coefficient (Wildman–Crippen LogP) is 6.55. The van der Waals surface area contributed by atoms with Gasteiger partial charge in [-0.05, 0) is 55.1 Å². The van der Waals surface area contributed by atoms with Crippen LogP contribution >= 0.6 is 0 Å². The molecule has 2 nitrogen and oxygen atoms in total. The van der Waals surface area contributed by atoms with E-state index in [1.165, 1.54) is 32.3 Å². The lowest BCUT2D eigenvalue weighted by atomic mass is 9.88. The molecule has 0 bridgehead atoms. The van der Waals surface area contributed by atoms with Crippen LogP contribution in [-0.2, 0) is 4.74 Å². The highest BCUT2D eigenvalue weighted by Gasteiger charge is 2.18. The van der Waals surface area contributed by atoms with Gasteiger partial charge in [-0.25, -0.2) is 4.79 Å². The number of hydrogen-bond acceptors (Lipinski definition) is 2. The average Bonchev–Trinajstić information content (AvgIpc) is 2.69. The van der Waals surface area contributed by atoms with Gasteiger partial charge < -0.3 is 4.74 Å². The number of carbonyl (C=O) groups is 1. The maximum absolute atomic E-state index is 12.7. The first kappa shape index (κ1) is 16.1. The minimum Gasteiger partial charge on any atom is -0.462 e. The molecule has 0 aromatic heterocycles. The van der Waals surface area contributed by atoms with Crippen molar-refractivity contribution < 1.29 is 9.53 Å². The summed E-state index contributed by atoms with van der Waals surface area (Å²) in [6, 6.07) is 23.1. The van der Waals surface area contributed by atoms with Crippen LogP contribution < -0.4 is 0 Å². The molecule has 5 aromatic carbocycles. The fourth-order valence-corrected chi connectivity index (χ4v) is 4.14. The van der Waals surface area contributed by atoms with Crippen molar-refractivity contribution in [1.82, 2.24) is 0 Å². The van der Waals surface area contributed by atoms with Gasteiger partial charge in [-0.1, -0.05) is 74.5 Å². The van der Waals surface area contributed by atoms with Crippen molar-refractivity contribution >= 4 is 49.1 Å². The van der Waals surface area contributed by atoms with E-state index in [1.54, 1.807) is 0 Å². The van der Waals surface area contributed by atoms with Gasteiger partial charge in [0.25, 0.3) is 0 Å². The fraction of sp³-hybridized carbons (Fsp3) is 0.160. The first-order chi connectivity index (χ1) is 13.1. The number of rotatable bonds is 3. The summed E-state index contributed by atoms with van der Waals surface area (Å²) in [4.78, 5) is 12.7. The molecule has 0 radical (unpaired) electrons. The Kier molecular flexibility index (Phi) is 3.54. The van der Waals surface area contributed by atoms with Crippen LogP contribution in [0.5, 0.6) is 0 Å². The Bertz CT molecular complexity index is 1260. The van der Waals surface area contributed by atoms with Crippen molar-refractivity contribution in [3.05, 3.63) is 72.3 Å². The van der Waals surface area contributed by atoms with Crippen molar-refractivity contribution in [2.24, 2.45) is 5.92 Å². The molecule has 0 saturated carbocycles. The second kappa shape index (κ2) is 5.95. The molecule has 0 aliphatic carbocycles. The van der Waals surface area contributed by atoms with Crippen LogP contribution in [0.25, 0.3) is 43.1 Å². The average molecular weight is 352 g/mol. The van der Waals surface area contributed by atoms with Gasteiger partial charge in [0.15, 0.2) is 0 Å². The van der Waals surface area contributed by atoms with Crippen LogP contribution in [-0.4, -0.2) is 12.6 Å². The van der Waals surface area contributed by atoms with Gasteiger partial charge in [-0.2, -0.15) is 0 Å². The SMILES string of the molecule is CC(C)COC(=O)c1ccc2c3cccc4cccc(c5cccc1c52)c43. The quantitative estimate of drug-likeness (QED) is 0.209. The smallest absolute Gasteiger partial charge is 0.338 e. The number of esters is 1. The Morgan fingerprint density at radius 3 is 1.96 bits per heavy atom. The van der Waals surface area contributed by atoms with Crippen LogP contribution in [0, 0.1) is 5.92 Å². The van der Waals surface area contributed by atoms with E-state index in [1.807, 2.05) is 32.0 Å². The number of carbonyl (C=O) groups excluding carboxylic acids is 1. The Labute approximate surface area is 157 Å². The van der Waals surface area contributed by atoms with Gasteiger partial charge in [0.1, 0.15) is 0 Å². The van der Waals surface area contributed by atoms with Crippen molar-refractivity contribution in [2.75, 3.05) is 6.61 Å². The molecule has 0 amide bonds. The van der Waals surface area contributed by atoms with E-state index in [-0.39, 0.29) is 5.97 Å². The summed E-state index contributed by atoms with van der Waals surface area (Å²) >= 11 is 0. The molecule has 0 unspecified atom stereocenters. The van der Waals surface area contributed by atoms with Crippen molar-refractivity contribution in [1.29, 1.82) is 0 Å². The molecule has 5 aromatic rings. The Morgan fingerprint density at radius 2 is 1.30 bits per heavy atom. The van der Waals surface area contributed by atoms with Gasteiger partial charge in [-0.15, -0.1) is 0 Å². The van der Waals surface area contributed by atoms with Crippen molar-refractivity contribution in [3.8, 4) is 0 Å². The van der Waals surface area contributed by atoms with Crippen LogP contribution in [0.15, 0.2) is 66.7 Å². The third kappa shape index (κ3) is 2.37. The zero-order valence-corrected chi connectivity index (χ0v) is 15.5. The molecule has 0 aliphatic heterocycles. The number of fused-ring (bicyclic) bond motifs is 2. The number of ether oxygens (including phenoxy) is 1. The molecule has 132 valence electrons. The van der Waals surface area contributed by atoms with Crippen molar-refractivity contribution in [2.45, 2.75) is 13.8 Å². The van der Waals surface area contributed by atoms with E-state index in [2.05, 4.69) is 48.5 Å². The van der Waals surface area contributed by atoms with Gasteiger partial charge in [0.2, 0.25) is 0 Å². The zero-order valence-electron chi connectivity index (χ0n) is 15.5. The Hall–Kier alpha value is -3.13. The molecule has 0 heterocycles. The molecule has 5 rings (SSSR count). The summed E-state index contributed by atoms with van der Waals surface area (Å²) in [6.07, 6.45) is 0. The van der Waals surface area contributed by atoms with E-state index in [0.29, 0.717) is 18.1 Å². The van der Waals surface area contributed by atoms with E-state index in [9.17, 15) is 4.79 Å². The molecule has 0 aliphatic rings. The largest absolute Gasteiger partial charge is 0.462 e. The summed E-state index contributed by atoms with van der Waals surface area (Å²) in [6.45, 7) is 4.52. The molecular weight excluding hydrogens is 332 g/mol. The predicted molar refractivity (Wildman–Crippen MR) is 113 cm³/mol. The zero-order chi connectivity index (χ0) is 18.5. The molecule has 2 heteroatoms. The number of hydrogen-bond donors (Lipinski definition) is 0. The lowest BCUT2D eigenvalue weighted by Crippen LogP contribution is -2.10. The van der Waals surface area contributed by atoms with E-state index in [0.717, 1.165) is 10.8 Å². The normalized spacial score (nSPS) is 12.0. The summed E-state index contributed by atoms with van der Waals surface area (Å²) in [5, 5.41) is 9.47. The van der Waals surface area contributed by atoms with Gasteiger partial charge >= 0.3 is 5.97 Å². The molecule has 0 N–H and O–H groups in total. The van der Waals surface area contributed by atoms with Crippen LogP contribution in [0.4, 0.5) is 0 Å². The van der Waals surface area contributed by atoms with E-state index >= 15 is 0 Å². The second-order valence-corrected chi connectivity index (χ2v) is 7.59. The summed E-state index contributed by atoms with van der Waals surface area (Å²) in [5.41, 5.74) is 0.641. The van der Waals surface area contributed by atoms with Crippen LogP contribution in [0.1, 0.15) is 24.2 Å². The highest BCUT2D eigenvalue weighted by molar-refractivity contribution is 6.34. The lowest BCUT2D eigenvalue weighted by Gasteiger charge is -2.16. The minimum atomic E-state index is -0.246. The maximum atomic E-state index is 12.7. The summed E-state index contributed by atoms with van der Waals surface area (Å²) < 4.78 is 5.52. The summed E-state index contributed by atoms with van der Waals surface area (Å²) in [7, 11) is 0. The van der Waals surface area contributed by atoms with Crippen LogP contribution in [0.3, 0.4) is 0 Å². The van der Waals surface area contributed by atoms with Crippen molar-refractivity contribution in [3.63, 3.8) is 0 Å². The monoisotopic (exact) mass is 352 g/mol. The first-order valence-electron chi connectivity index (χ1n) is 9.40. The molecule has 27 heavy (non-hydrogen) atoms. The third-order valence-corrected chi connectivity index (χ3v) is 5.29. The summed E-state index contributed by atoms with van der Waals surface area (Å²) in [5.74, 6) is 0.0721. The Balaban J connectivity index is 1.88. The Morgan fingerprint density at radius 1 is 0.741 bits per heavy atom. The molecule has 0 spiro atoms. The molecule has 0 atom stereocenters. The topological polar surface area (TPSA) is 26.3 Å². The lowest BCUT2D eigenvalue weighted by molar-refractivity contribution is 0.0461. The maximum Gasteiger partial charge on any atom is 0.338 e.